The molecule has 0 fully saturated rings. The zero-order valence-electron chi connectivity index (χ0n) is 15.4. The van der Waals surface area contributed by atoms with E-state index in [1.165, 1.54) is 6.07 Å². The second-order valence-corrected chi connectivity index (χ2v) is 6.41. The van der Waals surface area contributed by atoms with E-state index in [0.29, 0.717) is 23.2 Å². The summed E-state index contributed by atoms with van der Waals surface area (Å²) >= 11 is 0. The van der Waals surface area contributed by atoms with Crippen LogP contribution in [0.5, 0.6) is 0 Å². The Labute approximate surface area is 163 Å². The van der Waals surface area contributed by atoms with Crippen molar-refractivity contribution in [2.24, 2.45) is 0 Å². The highest BCUT2D eigenvalue weighted by Crippen LogP contribution is 2.20. The molecule has 0 aliphatic heterocycles. The number of benzene rings is 3. The van der Waals surface area contributed by atoms with Crippen LogP contribution in [0.2, 0.25) is 0 Å². The normalized spacial score (nSPS) is 11.0. The van der Waals surface area contributed by atoms with Gasteiger partial charge < -0.3 is 5.32 Å². The number of nitrogens with zero attached hydrogens (tertiary/aromatic N) is 1. The summed E-state index contributed by atoms with van der Waals surface area (Å²) in [6.07, 6.45) is 1.92. The Hall–Kier alpha value is -3.71. The molecule has 0 saturated heterocycles. The molecule has 3 nitrogen and oxygen atoms in total. The van der Waals surface area contributed by atoms with E-state index in [4.69, 9.17) is 0 Å². The van der Waals surface area contributed by atoms with Crippen molar-refractivity contribution in [3.8, 4) is 6.07 Å². The Kier molecular flexibility index (Phi) is 5.98. The molecule has 0 spiro atoms. The Balaban J connectivity index is 1.89. The van der Waals surface area contributed by atoms with Gasteiger partial charge >= 0.3 is 0 Å². The van der Waals surface area contributed by atoms with Crippen LogP contribution in [-0.4, -0.2) is 5.91 Å². The Morgan fingerprint density at radius 1 is 1.00 bits per heavy atom. The lowest BCUT2D eigenvalue weighted by atomic mass is 9.98. The second kappa shape index (κ2) is 8.79. The van der Waals surface area contributed by atoms with E-state index < -0.39 is 5.91 Å². The van der Waals surface area contributed by atoms with Gasteiger partial charge in [-0.1, -0.05) is 60.7 Å². The van der Waals surface area contributed by atoms with Crippen LogP contribution in [-0.2, 0) is 11.2 Å². The first-order valence-corrected chi connectivity index (χ1v) is 8.88. The molecular formula is C24H19FN2O. The number of hydrogen-bond acceptors (Lipinski definition) is 2. The minimum atomic E-state index is -0.475. The largest absolute Gasteiger partial charge is 0.321 e. The molecule has 0 bridgehead atoms. The fraction of sp³-hybridized carbons (Fsp3) is 0.0833. The van der Waals surface area contributed by atoms with Gasteiger partial charge in [0.1, 0.15) is 17.5 Å². The highest BCUT2D eigenvalue weighted by atomic mass is 19.1. The van der Waals surface area contributed by atoms with Gasteiger partial charge in [0.15, 0.2) is 0 Å². The predicted octanol–water partition coefficient (Wildman–Crippen LogP) is 5.27. The van der Waals surface area contributed by atoms with Crippen LogP contribution in [0.25, 0.3) is 6.08 Å². The van der Waals surface area contributed by atoms with E-state index in [1.807, 2.05) is 55.5 Å². The average Bonchev–Trinajstić information content (AvgIpc) is 2.70. The second-order valence-electron chi connectivity index (χ2n) is 6.41. The Morgan fingerprint density at radius 3 is 2.36 bits per heavy atom. The van der Waals surface area contributed by atoms with Crippen molar-refractivity contribution < 1.29 is 9.18 Å². The predicted molar refractivity (Wildman–Crippen MR) is 109 cm³/mol. The summed E-state index contributed by atoms with van der Waals surface area (Å²) < 4.78 is 14.0. The van der Waals surface area contributed by atoms with E-state index in [0.717, 1.165) is 11.1 Å². The van der Waals surface area contributed by atoms with Crippen LogP contribution in [0.4, 0.5) is 10.1 Å². The van der Waals surface area contributed by atoms with Gasteiger partial charge in [-0.2, -0.15) is 5.26 Å². The summed E-state index contributed by atoms with van der Waals surface area (Å²) in [6, 6.07) is 23.3. The van der Waals surface area contributed by atoms with Crippen LogP contribution in [0.1, 0.15) is 22.3 Å². The maximum absolute atomic E-state index is 14.0. The van der Waals surface area contributed by atoms with Gasteiger partial charge in [-0.05, 0) is 47.4 Å². The third-order valence-corrected chi connectivity index (χ3v) is 4.45. The quantitative estimate of drug-likeness (QED) is 0.491. The lowest BCUT2D eigenvalue weighted by Crippen LogP contribution is -2.14. The number of para-hydroxylation sites is 1. The van der Waals surface area contributed by atoms with Crippen LogP contribution in [0.15, 0.2) is 78.4 Å². The standard InChI is InChI=1S/C24H19FN2O/c1-17-8-2-7-13-23(17)27-24(28)21(16-26)15-19-10-4-3-9-18(19)14-20-11-5-6-12-22(20)25/h2-13,15H,14H2,1H3,(H,27,28)/b21-15+. The van der Waals surface area contributed by atoms with Crippen molar-refractivity contribution in [1.82, 2.24) is 0 Å². The maximum Gasteiger partial charge on any atom is 0.266 e. The molecule has 0 aliphatic rings. The molecule has 138 valence electrons. The van der Waals surface area contributed by atoms with Gasteiger partial charge in [-0.25, -0.2) is 4.39 Å². The SMILES string of the molecule is Cc1ccccc1NC(=O)/C(C#N)=C/c1ccccc1Cc1ccccc1F. The number of anilines is 1. The van der Waals surface area contributed by atoms with Gasteiger partial charge in [0, 0.05) is 12.1 Å². The van der Waals surface area contributed by atoms with Gasteiger partial charge in [-0.3, -0.25) is 4.79 Å². The molecule has 28 heavy (non-hydrogen) atoms. The highest BCUT2D eigenvalue weighted by molar-refractivity contribution is 6.10. The molecule has 3 aromatic rings. The molecule has 4 heteroatoms. The van der Waals surface area contributed by atoms with Gasteiger partial charge in [0.25, 0.3) is 5.91 Å². The number of nitrogens with one attached hydrogen (secondary N) is 1. The smallest absolute Gasteiger partial charge is 0.266 e. The number of carbonyl (C=O) groups excluding carboxylic acids is 1. The molecule has 3 rings (SSSR count). The third-order valence-electron chi connectivity index (χ3n) is 4.45. The summed E-state index contributed by atoms with van der Waals surface area (Å²) in [4.78, 5) is 12.6. The van der Waals surface area contributed by atoms with E-state index in [2.05, 4.69) is 5.32 Å². The molecule has 0 saturated carbocycles. The fourth-order valence-corrected chi connectivity index (χ4v) is 2.89. The first-order chi connectivity index (χ1) is 13.6. The first kappa shape index (κ1) is 19.1. The van der Waals surface area contributed by atoms with Crippen molar-refractivity contribution >= 4 is 17.7 Å². The van der Waals surface area contributed by atoms with Gasteiger partial charge in [0.05, 0.1) is 0 Å². The molecule has 0 aliphatic carbocycles. The van der Waals surface area contributed by atoms with Crippen molar-refractivity contribution in [3.05, 3.63) is 106 Å². The van der Waals surface area contributed by atoms with Crippen molar-refractivity contribution in [2.45, 2.75) is 13.3 Å². The van der Waals surface area contributed by atoms with Crippen LogP contribution < -0.4 is 5.32 Å². The van der Waals surface area contributed by atoms with Crippen LogP contribution in [0.3, 0.4) is 0 Å². The number of amides is 1. The number of aryl methyl sites for hydroxylation is 1. The lowest BCUT2D eigenvalue weighted by Gasteiger charge is -2.09. The minimum absolute atomic E-state index is 0.00997. The van der Waals surface area contributed by atoms with Gasteiger partial charge in [-0.15, -0.1) is 0 Å². The molecule has 0 heterocycles. The van der Waals surface area contributed by atoms with E-state index in [9.17, 15) is 14.4 Å². The molecule has 0 aromatic heterocycles. The molecule has 3 aromatic carbocycles. The fourth-order valence-electron chi connectivity index (χ4n) is 2.89. The number of nitriles is 1. The Bertz CT molecular complexity index is 1080. The van der Waals surface area contributed by atoms with E-state index in [1.54, 1.807) is 30.3 Å². The lowest BCUT2D eigenvalue weighted by molar-refractivity contribution is -0.112. The van der Waals surface area contributed by atoms with Crippen molar-refractivity contribution in [1.29, 1.82) is 5.26 Å². The summed E-state index contributed by atoms with van der Waals surface area (Å²) in [5.74, 6) is -0.753. The summed E-state index contributed by atoms with van der Waals surface area (Å²) in [6.45, 7) is 1.88. The minimum Gasteiger partial charge on any atom is -0.321 e. The third kappa shape index (κ3) is 4.52. The van der Waals surface area contributed by atoms with Crippen molar-refractivity contribution in [2.75, 3.05) is 5.32 Å². The molecule has 1 N–H and O–H groups in total. The van der Waals surface area contributed by atoms with Crippen LogP contribution in [0, 0.1) is 24.1 Å². The van der Waals surface area contributed by atoms with E-state index >= 15 is 0 Å². The first-order valence-electron chi connectivity index (χ1n) is 8.88. The zero-order valence-corrected chi connectivity index (χ0v) is 15.4. The van der Waals surface area contributed by atoms with E-state index in [-0.39, 0.29) is 11.4 Å². The number of halogens is 1. The summed E-state index contributed by atoms with van der Waals surface area (Å²) in [5, 5.41) is 12.3. The molecule has 0 atom stereocenters. The molecular weight excluding hydrogens is 351 g/mol. The summed E-state index contributed by atoms with van der Waals surface area (Å²) in [7, 11) is 0. The molecule has 0 unspecified atom stereocenters. The number of rotatable bonds is 5. The van der Waals surface area contributed by atoms with Gasteiger partial charge in [0.2, 0.25) is 0 Å². The maximum atomic E-state index is 14.0. The molecule has 0 radical (unpaired) electrons. The Morgan fingerprint density at radius 2 is 1.64 bits per heavy atom. The van der Waals surface area contributed by atoms with Crippen LogP contribution >= 0.6 is 0 Å². The number of carbonyl (C=O) groups is 1. The topological polar surface area (TPSA) is 52.9 Å². The molecule has 1 amide bonds. The highest BCUT2D eigenvalue weighted by Gasteiger charge is 2.12. The zero-order chi connectivity index (χ0) is 19.9. The average molecular weight is 370 g/mol. The summed E-state index contributed by atoms with van der Waals surface area (Å²) in [5.41, 5.74) is 3.67. The van der Waals surface area contributed by atoms with Crippen molar-refractivity contribution in [3.63, 3.8) is 0 Å². The monoisotopic (exact) mass is 370 g/mol. The number of hydrogen-bond donors (Lipinski definition) is 1.